The second-order valence-electron chi connectivity index (χ2n) is 8.37. The van der Waals surface area contributed by atoms with Gasteiger partial charge in [0.1, 0.15) is 11.6 Å². The molecule has 0 atom stereocenters. The van der Waals surface area contributed by atoms with E-state index in [1.807, 2.05) is 24.4 Å². The van der Waals surface area contributed by atoms with Gasteiger partial charge >= 0.3 is 0 Å². The van der Waals surface area contributed by atoms with Crippen LogP contribution in [0.2, 0.25) is 0 Å². The molecular weight excluding hydrogens is 452 g/mol. The van der Waals surface area contributed by atoms with Crippen LogP contribution < -0.4 is 15.6 Å². The molecule has 5 heterocycles. The third-order valence-corrected chi connectivity index (χ3v) is 7.21. The summed E-state index contributed by atoms with van der Waals surface area (Å²) >= 11 is 1.50. The number of thioether (sulfide) groups is 1. The zero-order valence-corrected chi connectivity index (χ0v) is 19.8. The van der Waals surface area contributed by atoms with Crippen molar-refractivity contribution in [2.24, 2.45) is 4.99 Å². The predicted molar refractivity (Wildman–Crippen MR) is 133 cm³/mol. The minimum absolute atomic E-state index is 0.0207. The van der Waals surface area contributed by atoms with E-state index in [1.165, 1.54) is 11.8 Å². The molecule has 0 aliphatic carbocycles. The molecule has 9 nitrogen and oxygen atoms in total. The Morgan fingerprint density at radius 3 is 2.88 bits per heavy atom. The Hall–Kier alpha value is -3.24. The van der Waals surface area contributed by atoms with Crippen LogP contribution in [-0.4, -0.2) is 70.1 Å². The minimum atomic E-state index is -0.0332. The van der Waals surface area contributed by atoms with E-state index in [4.69, 9.17) is 9.73 Å². The van der Waals surface area contributed by atoms with Gasteiger partial charge in [-0.3, -0.25) is 19.6 Å². The first-order valence-electron chi connectivity index (χ1n) is 11.3. The number of pyridine rings is 3. The van der Waals surface area contributed by atoms with Crippen LogP contribution in [0.1, 0.15) is 18.5 Å². The lowest BCUT2D eigenvalue weighted by atomic mass is 10.1. The summed E-state index contributed by atoms with van der Waals surface area (Å²) < 4.78 is 7.06. The largest absolute Gasteiger partial charge is 0.495 e. The summed E-state index contributed by atoms with van der Waals surface area (Å²) in [5.74, 6) is 1.67. The van der Waals surface area contributed by atoms with Crippen LogP contribution in [0, 0.1) is 0 Å². The number of carbonyl (C=O) groups excluding carboxylic acids is 1. The van der Waals surface area contributed by atoms with Gasteiger partial charge in [-0.05, 0) is 31.0 Å². The van der Waals surface area contributed by atoms with Gasteiger partial charge in [-0.25, -0.2) is 4.98 Å². The monoisotopic (exact) mass is 478 g/mol. The Morgan fingerprint density at radius 1 is 1.21 bits per heavy atom. The van der Waals surface area contributed by atoms with Gasteiger partial charge < -0.3 is 19.5 Å². The van der Waals surface area contributed by atoms with E-state index in [1.54, 1.807) is 30.0 Å². The Labute approximate surface area is 201 Å². The molecule has 1 N–H and O–H groups in total. The van der Waals surface area contributed by atoms with Gasteiger partial charge in [0, 0.05) is 44.5 Å². The molecule has 3 aromatic heterocycles. The Bertz CT molecular complexity index is 1300. The zero-order valence-electron chi connectivity index (χ0n) is 18.9. The zero-order chi connectivity index (χ0) is 23.5. The highest BCUT2D eigenvalue weighted by atomic mass is 32.2. The lowest BCUT2D eigenvalue weighted by Crippen LogP contribution is -2.38. The van der Waals surface area contributed by atoms with Crippen molar-refractivity contribution in [1.29, 1.82) is 0 Å². The maximum atomic E-state index is 12.5. The number of aromatic nitrogens is 3. The van der Waals surface area contributed by atoms with E-state index in [9.17, 15) is 9.59 Å². The number of hydrogen-bond donors (Lipinski definition) is 1. The van der Waals surface area contributed by atoms with Crippen molar-refractivity contribution in [3.8, 4) is 5.75 Å². The number of carbonyl (C=O) groups is 1. The number of fused-ring (bicyclic) bond motifs is 2. The fourth-order valence-corrected chi connectivity index (χ4v) is 5.01. The van der Waals surface area contributed by atoms with Crippen molar-refractivity contribution in [2.75, 3.05) is 37.8 Å². The predicted octanol–water partition coefficient (Wildman–Crippen LogP) is 2.43. The molecule has 34 heavy (non-hydrogen) atoms. The normalized spacial score (nSPS) is 17.1. The van der Waals surface area contributed by atoms with E-state index in [0.717, 1.165) is 54.1 Å². The topological polar surface area (TPSA) is 102 Å². The van der Waals surface area contributed by atoms with E-state index in [2.05, 4.69) is 20.2 Å². The molecule has 2 aliphatic rings. The number of rotatable bonds is 6. The summed E-state index contributed by atoms with van der Waals surface area (Å²) in [6, 6.07) is 9.35. The van der Waals surface area contributed by atoms with Crippen LogP contribution in [0.25, 0.3) is 11.0 Å². The highest BCUT2D eigenvalue weighted by Crippen LogP contribution is 2.29. The molecule has 176 valence electrons. The van der Waals surface area contributed by atoms with Crippen LogP contribution >= 0.6 is 11.8 Å². The van der Waals surface area contributed by atoms with Crippen molar-refractivity contribution in [1.82, 2.24) is 19.4 Å². The summed E-state index contributed by atoms with van der Waals surface area (Å²) in [4.78, 5) is 41.1. The molecular formula is C24H26N6O3S. The summed E-state index contributed by atoms with van der Waals surface area (Å²) in [6.45, 7) is 3.24. The first-order valence-corrected chi connectivity index (χ1v) is 12.3. The average Bonchev–Trinajstić information content (AvgIpc) is 2.87. The molecule has 1 amide bonds. The molecule has 10 heteroatoms. The van der Waals surface area contributed by atoms with Gasteiger partial charge in [0.25, 0.3) is 5.56 Å². The lowest BCUT2D eigenvalue weighted by Gasteiger charge is -2.30. The average molecular weight is 479 g/mol. The fourth-order valence-electron chi connectivity index (χ4n) is 4.26. The van der Waals surface area contributed by atoms with Gasteiger partial charge in [-0.2, -0.15) is 0 Å². The van der Waals surface area contributed by atoms with Crippen LogP contribution in [0.4, 0.5) is 5.82 Å². The minimum Gasteiger partial charge on any atom is -0.495 e. The quantitative estimate of drug-likeness (QED) is 0.543. The van der Waals surface area contributed by atoms with Crippen LogP contribution in [0.5, 0.6) is 5.75 Å². The van der Waals surface area contributed by atoms with Crippen molar-refractivity contribution >= 4 is 40.7 Å². The van der Waals surface area contributed by atoms with Crippen LogP contribution in [-0.2, 0) is 11.3 Å². The summed E-state index contributed by atoms with van der Waals surface area (Å²) in [6.07, 6.45) is 5.38. The maximum absolute atomic E-state index is 12.5. The van der Waals surface area contributed by atoms with Crippen molar-refractivity contribution in [3.05, 3.63) is 52.6 Å². The molecule has 3 aromatic rings. The van der Waals surface area contributed by atoms with Crippen LogP contribution in [0.3, 0.4) is 0 Å². The molecule has 0 aromatic carbocycles. The van der Waals surface area contributed by atoms with Gasteiger partial charge in [0.2, 0.25) is 5.91 Å². The Morgan fingerprint density at radius 2 is 2.06 bits per heavy atom. The summed E-state index contributed by atoms with van der Waals surface area (Å²) in [5, 5.41) is 2.82. The second kappa shape index (κ2) is 9.94. The number of piperidine rings is 1. The van der Waals surface area contributed by atoms with Gasteiger partial charge in [0.15, 0.2) is 0 Å². The highest BCUT2D eigenvalue weighted by molar-refractivity contribution is 8.00. The second-order valence-corrected chi connectivity index (χ2v) is 9.39. The lowest BCUT2D eigenvalue weighted by molar-refractivity contribution is -0.113. The number of ether oxygens (including phenoxy) is 1. The number of likely N-dealkylation sites (tertiary alicyclic amines) is 1. The van der Waals surface area contributed by atoms with E-state index in [-0.39, 0.29) is 17.5 Å². The van der Waals surface area contributed by atoms with Crippen LogP contribution in [0.15, 0.2) is 51.2 Å². The van der Waals surface area contributed by atoms with Gasteiger partial charge in [-0.1, -0.05) is 0 Å². The SMILES string of the molecule is COc1cnc2ccc(=O)n(CCN3CCC(N=Cc4ccc5c(n4)NC(=O)CS5)CC3)c2c1. The Balaban J connectivity index is 1.17. The molecule has 2 aliphatic heterocycles. The number of anilines is 1. The van der Waals surface area contributed by atoms with Crippen molar-refractivity contribution in [3.63, 3.8) is 0 Å². The number of nitrogens with one attached hydrogen (secondary N) is 1. The van der Waals surface area contributed by atoms with E-state index >= 15 is 0 Å². The molecule has 0 unspecified atom stereocenters. The smallest absolute Gasteiger partial charge is 0.251 e. The maximum Gasteiger partial charge on any atom is 0.251 e. The molecule has 0 spiro atoms. The van der Waals surface area contributed by atoms with Crippen molar-refractivity contribution in [2.45, 2.75) is 30.3 Å². The molecule has 0 bridgehead atoms. The molecule has 1 fully saturated rings. The third kappa shape index (κ3) is 4.97. The van der Waals surface area contributed by atoms with Gasteiger partial charge in [0.05, 0.1) is 46.7 Å². The highest BCUT2D eigenvalue weighted by Gasteiger charge is 2.19. The number of nitrogens with zero attached hydrogens (tertiary/aromatic N) is 5. The van der Waals surface area contributed by atoms with E-state index in [0.29, 0.717) is 23.9 Å². The number of hydrogen-bond acceptors (Lipinski definition) is 8. The summed E-state index contributed by atoms with van der Waals surface area (Å²) in [7, 11) is 1.60. The number of methoxy groups -OCH3 is 1. The first kappa shape index (κ1) is 22.5. The van der Waals surface area contributed by atoms with E-state index < -0.39 is 0 Å². The van der Waals surface area contributed by atoms with Gasteiger partial charge in [-0.15, -0.1) is 11.8 Å². The molecule has 5 rings (SSSR count). The Kier molecular flexibility index (Phi) is 6.59. The standard InChI is InChI=1S/C24H26N6O3S/c1-33-18-12-20-19(26-14-18)3-5-23(32)30(20)11-10-29-8-6-16(7-9-29)25-13-17-2-4-21-24(27-17)28-22(31)15-34-21/h2-5,12-14,16H,6-11,15H2,1H3,(H,27,28,31). The third-order valence-electron chi connectivity index (χ3n) is 6.16. The van der Waals surface area contributed by atoms with Crippen molar-refractivity contribution < 1.29 is 9.53 Å². The fraction of sp³-hybridized carbons (Fsp3) is 0.375. The molecule has 0 radical (unpaired) electrons. The molecule has 0 saturated carbocycles. The molecule has 1 saturated heterocycles. The summed E-state index contributed by atoms with van der Waals surface area (Å²) in [5.41, 5.74) is 2.29. The number of aliphatic imine (C=N–C) groups is 1. The first-order chi connectivity index (χ1) is 16.6. The number of amides is 1.